The molecule has 1 aromatic heterocycles. The molecule has 2 unspecified atom stereocenters. The van der Waals surface area contributed by atoms with Crippen LogP contribution in [0.1, 0.15) is 67.0 Å². The fourth-order valence-electron chi connectivity index (χ4n) is 4.50. The third-order valence-corrected chi connectivity index (χ3v) is 6.75. The van der Waals surface area contributed by atoms with Crippen molar-refractivity contribution in [1.29, 1.82) is 0 Å². The minimum Gasteiger partial charge on any atom is -0.341 e. The van der Waals surface area contributed by atoms with Gasteiger partial charge in [-0.2, -0.15) is 0 Å². The molecule has 2 fully saturated rings. The smallest absolute Gasteiger partial charge is 0.273 e. The van der Waals surface area contributed by atoms with E-state index in [9.17, 15) is 9.18 Å². The lowest BCUT2D eigenvalue weighted by Crippen LogP contribution is -2.31. The number of amides is 1. The Kier molecular flexibility index (Phi) is 8.11. The lowest BCUT2D eigenvalue weighted by atomic mass is 9.99. The van der Waals surface area contributed by atoms with Crippen LogP contribution in [0.5, 0.6) is 0 Å². The predicted molar refractivity (Wildman–Crippen MR) is 128 cm³/mol. The standard InChI is InChI=1S/C24H32ClFN6O/c1-31(23(33)22-20(25)16-27-24(28-22)32-13-5-6-14-32)12-4-2-3-7-19-15-21(30-29-19)17-8-10-18(26)11-9-17/h8-11,16,19,21,29-30H,2-7,12-15H2,1H3. The second-order valence-corrected chi connectivity index (χ2v) is 9.37. The molecule has 0 saturated carbocycles. The Morgan fingerprint density at radius 1 is 1.18 bits per heavy atom. The summed E-state index contributed by atoms with van der Waals surface area (Å²) in [5, 5.41) is 0.297. The number of aromatic nitrogens is 2. The molecule has 4 rings (SSSR count). The number of rotatable bonds is 9. The highest BCUT2D eigenvalue weighted by atomic mass is 35.5. The molecule has 1 amide bonds. The van der Waals surface area contributed by atoms with E-state index in [1.54, 1.807) is 11.9 Å². The zero-order chi connectivity index (χ0) is 23.2. The van der Waals surface area contributed by atoms with E-state index >= 15 is 0 Å². The average molecular weight is 475 g/mol. The average Bonchev–Trinajstić information content (AvgIpc) is 3.52. The van der Waals surface area contributed by atoms with Crippen molar-refractivity contribution in [3.8, 4) is 0 Å². The molecule has 33 heavy (non-hydrogen) atoms. The van der Waals surface area contributed by atoms with Crippen molar-refractivity contribution in [2.75, 3.05) is 31.6 Å². The summed E-state index contributed by atoms with van der Waals surface area (Å²) in [5.41, 5.74) is 8.05. The van der Waals surface area contributed by atoms with E-state index in [0.717, 1.165) is 63.6 Å². The first-order valence-corrected chi connectivity index (χ1v) is 12.2. The number of hydrazine groups is 1. The molecule has 7 nitrogen and oxygen atoms in total. The molecule has 2 N–H and O–H groups in total. The van der Waals surface area contributed by atoms with Gasteiger partial charge in [0.15, 0.2) is 5.69 Å². The lowest BCUT2D eigenvalue weighted by Gasteiger charge is -2.19. The third kappa shape index (κ3) is 6.19. The molecule has 178 valence electrons. The summed E-state index contributed by atoms with van der Waals surface area (Å²) in [5.74, 6) is 0.218. The fraction of sp³-hybridized carbons (Fsp3) is 0.542. The van der Waals surface area contributed by atoms with E-state index in [1.165, 1.54) is 18.3 Å². The number of carbonyl (C=O) groups is 1. The molecule has 0 aliphatic carbocycles. The Bertz CT molecular complexity index is 937. The van der Waals surface area contributed by atoms with Crippen LogP contribution in [0.4, 0.5) is 10.3 Å². The largest absolute Gasteiger partial charge is 0.341 e. The van der Waals surface area contributed by atoms with Crippen LogP contribution in [-0.4, -0.2) is 53.5 Å². The molecular formula is C24H32ClFN6O. The number of halogens is 2. The fourth-order valence-corrected chi connectivity index (χ4v) is 4.67. The second kappa shape index (κ2) is 11.2. The summed E-state index contributed by atoms with van der Waals surface area (Å²) >= 11 is 6.24. The van der Waals surface area contributed by atoms with Gasteiger partial charge in [-0.1, -0.05) is 36.6 Å². The summed E-state index contributed by atoms with van der Waals surface area (Å²) in [6.07, 6.45) is 8.84. The molecule has 0 radical (unpaired) electrons. The minimum absolute atomic E-state index is 0.161. The summed E-state index contributed by atoms with van der Waals surface area (Å²) in [6, 6.07) is 7.28. The zero-order valence-electron chi connectivity index (χ0n) is 19.1. The first kappa shape index (κ1) is 23.9. The molecule has 0 bridgehead atoms. The highest BCUT2D eigenvalue weighted by Gasteiger charge is 2.25. The van der Waals surface area contributed by atoms with Crippen LogP contribution < -0.4 is 15.8 Å². The topological polar surface area (TPSA) is 73.4 Å². The van der Waals surface area contributed by atoms with Crippen LogP contribution in [-0.2, 0) is 0 Å². The van der Waals surface area contributed by atoms with E-state index in [-0.39, 0.29) is 23.5 Å². The Balaban J connectivity index is 1.18. The van der Waals surface area contributed by atoms with Gasteiger partial charge in [0.25, 0.3) is 5.91 Å². The number of anilines is 1. The maximum absolute atomic E-state index is 13.1. The van der Waals surface area contributed by atoms with Crippen molar-refractivity contribution >= 4 is 23.5 Å². The first-order chi connectivity index (χ1) is 16.0. The van der Waals surface area contributed by atoms with Crippen molar-refractivity contribution in [3.05, 3.63) is 52.6 Å². The molecule has 2 aromatic rings. The molecular weight excluding hydrogens is 443 g/mol. The van der Waals surface area contributed by atoms with Gasteiger partial charge in [-0.05, 0) is 49.8 Å². The van der Waals surface area contributed by atoms with Crippen molar-refractivity contribution in [3.63, 3.8) is 0 Å². The molecule has 0 spiro atoms. The van der Waals surface area contributed by atoms with Crippen molar-refractivity contribution in [2.24, 2.45) is 0 Å². The molecule has 2 saturated heterocycles. The van der Waals surface area contributed by atoms with Gasteiger partial charge < -0.3 is 9.80 Å². The van der Waals surface area contributed by atoms with Crippen LogP contribution in [0.3, 0.4) is 0 Å². The number of benzene rings is 1. The van der Waals surface area contributed by atoms with E-state index < -0.39 is 0 Å². The minimum atomic E-state index is -0.210. The van der Waals surface area contributed by atoms with Crippen LogP contribution in [0.2, 0.25) is 5.02 Å². The number of nitrogens with zero attached hydrogens (tertiary/aromatic N) is 4. The van der Waals surface area contributed by atoms with Gasteiger partial charge in [0.05, 0.1) is 11.2 Å². The van der Waals surface area contributed by atoms with Crippen molar-refractivity contribution in [2.45, 2.75) is 57.0 Å². The molecule has 2 aliphatic rings. The Morgan fingerprint density at radius 2 is 1.94 bits per heavy atom. The van der Waals surface area contributed by atoms with Gasteiger partial charge in [0, 0.05) is 38.8 Å². The summed E-state index contributed by atoms with van der Waals surface area (Å²) in [6.45, 7) is 2.50. The summed E-state index contributed by atoms with van der Waals surface area (Å²) in [7, 11) is 1.80. The monoisotopic (exact) mass is 474 g/mol. The van der Waals surface area contributed by atoms with E-state index in [1.807, 2.05) is 12.1 Å². The lowest BCUT2D eigenvalue weighted by molar-refractivity contribution is 0.0786. The number of hydrogen-bond acceptors (Lipinski definition) is 6. The predicted octanol–water partition coefficient (Wildman–Crippen LogP) is 4.11. The van der Waals surface area contributed by atoms with Gasteiger partial charge >= 0.3 is 0 Å². The van der Waals surface area contributed by atoms with E-state index in [2.05, 4.69) is 25.7 Å². The van der Waals surface area contributed by atoms with Gasteiger partial charge in [-0.25, -0.2) is 14.4 Å². The van der Waals surface area contributed by atoms with Crippen LogP contribution >= 0.6 is 11.6 Å². The second-order valence-electron chi connectivity index (χ2n) is 8.96. The number of unbranched alkanes of at least 4 members (excludes halogenated alkanes) is 2. The molecule has 1 aromatic carbocycles. The van der Waals surface area contributed by atoms with Gasteiger partial charge in [0.1, 0.15) is 5.82 Å². The van der Waals surface area contributed by atoms with E-state index in [4.69, 9.17) is 11.6 Å². The van der Waals surface area contributed by atoms with Gasteiger partial charge in [-0.3, -0.25) is 15.6 Å². The quantitative estimate of drug-likeness (QED) is 0.533. The summed E-state index contributed by atoms with van der Waals surface area (Å²) in [4.78, 5) is 25.4. The Morgan fingerprint density at radius 3 is 2.70 bits per heavy atom. The Hall–Kier alpha value is -2.29. The molecule has 3 heterocycles. The van der Waals surface area contributed by atoms with Crippen LogP contribution in [0, 0.1) is 5.82 Å². The van der Waals surface area contributed by atoms with Gasteiger partial charge in [-0.15, -0.1) is 0 Å². The number of nitrogens with one attached hydrogen (secondary N) is 2. The van der Waals surface area contributed by atoms with Crippen LogP contribution in [0.25, 0.3) is 0 Å². The third-order valence-electron chi connectivity index (χ3n) is 6.47. The maximum Gasteiger partial charge on any atom is 0.273 e. The number of hydrogen-bond donors (Lipinski definition) is 2. The normalized spacial score (nSPS) is 20.4. The zero-order valence-corrected chi connectivity index (χ0v) is 19.8. The highest BCUT2D eigenvalue weighted by molar-refractivity contribution is 6.33. The summed E-state index contributed by atoms with van der Waals surface area (Å²) < 4.78 is 13.1. The maximum atomic E-state index is 13.1. The Labute approximate surface area is 199 Å². The highest BCUT2D eigenvalue weighted by Crippen LogP contribution is 2.25. The SMILES string of the molecule is CN(CCCCCC1CC(c2ccc(F)cc2)NN1)C(=O)c1nc(N2CCCC2)ncc1Cl. The molecule has 2 atom stereocenters. The molecule has 9 heteroatoms. The van der Waals surface area contributed by atoms with Crippen molar-refractivity contribution < 1.29 is 9.18 Å². The molecule has 2 aliphatic heterocycles. The van der Waals surface area contributed by atoms with Crippen molar-refractivity contribution in [1.82, 2.24) is 25.7 Å². The first-order valence-electron chi connectivity index (χ1n) is 11.8. The van der Waals surface area contributed by atoms with Crippen LogP contribution in [0.15, 0.2) is 30.5 Å². The van der Waals surface area contributed by atoms with Gasteiger partial charge in [0.2, 0.25) is 5.95 Å². The number of carbonyl (C=O) groups excluding carboxylic acids is 1. The van der Waals surface area contributed by atoms with E-state index in [0.29, 0.717) is 23.6 Å².